The zero-order chi connectivity index (χ0) is 43.4. The summed E-state index contributed by atoms with van der Waals surface area (Å²) < 4.78 is 9.67. The van der Waals surface area contributed by atoms with Gasteiger partial charge in [0.1, 0.15) is 17.9 Å². The van der Waals surface area contributed by atoms with Gasteiger partial charge in [0.05, 0.1) is 43.9 Å². The standard InChI is InChI=1S/C49H57N7O6/c1-27(2)41(53-47(59)61-5)45(57)55-26-49(19-20-49)24-40(55)44-50-25-39(52-44)32-13-11-30(12-14-32)29-7-9-31(10-8-29)33-16-18-37-35(21-33)23-38(51-37)43-34-15-17-36(22-34)56(43)46(58)42(28(3)4)54-48(60)62-6/h7-14,16,18,21,25,27-28,34,36,40-43H,15,17,19-20,22-24,26H2,1-6H3,(H,50,52)(H,53,59)(H,54,60)/t34-,36+,40?,41-,42-,43-/m0/s1. The topological polar surface area (TPSA) is 158 Å². The summed E-state index contributed by atoms with van der Waals surface area (Å²) in [5.41, 5.74) is 9.62. The number of alkyl carbamates (subject to hydrolysis) is 2. The summed E-state index contributed by atoms with van der Waals surface area (Å²) in [6.07, 6.45) is 7.41. The minimum absolute atomic E-state index is 0.0489. The fourth-order valence-corrected chi connectivity index (χ4v) is 10.5. The van der Waals surface area contributed by atoms with E-state index in [0.29, 0.717) is 18.9 Å². The first-order valence-corrected chi connectivity index (χ1v) is 22.1. The normalized spacial score (nSPS) is 22.7. The Labute approximate surface area is 363 Å². The minimum Gasteiger partial charge on any atom is -0.453 e. The average molecular weight is 840 g/mol. The number of nitrogens with zero attached hydrogens (tertiary/aromatic N) is 4. The summed E-state index contributed by atoms with van der Waals surface area (Å²) in [6.45, 7) is 8.42. The van der Waals surface area contributed by atoms with Crippen LogP contribution in [0.5, 0.6) is 0 Å². The van der Waals surface area contributed by atoms with Crippen LogP contribution < -0.4 is 10.6 Å². The molecule has 13 nitrogen and oxygen atoms in total. The van der Waals surface area contributed by atoms with Crippen LogP contribution >= 0.6 is 0 Å². The molecule has 1 aromatic heterocycles. The molecular formula is C49H57N7O6. The monoisotopic (exact) mass is 839 g/mol. The molecule has 4 aromatic rings. The van der Waals surface area contributed by atoms with Crippen LogP contribution in [0.25, 0.3) is 33.5 Å². The molecule has 3 N–H and O–H groups in total. The number of carbonyl (C=O) groups is 4. The van der Waals surface area contributed by atoms with Gasteiger partial charge in [-0.1, -0.05) is 82.3 Å². The van der Waals surface area contributed by atoms with E-state index in [1.54, 1.807) is 0 Å². The van der Waals surface area contributed by atoms with Crippen LogP contribution in [0.1, 0.15) is 83.6 Å². The Hall–Kier alpha value is -5.98. The van der Waals surface area contributed by atoms with Crippen molar-refractivity contribution in [3.8, 4) is 33.5 Å². The third-order valence-electron chi connectivity index (χ3n) is 14.1. The zero-order valence-corrected chi connectivity index (χ0v) is 36.4. The second-order valence-electron chi connectivity index (χ2n) is 18.8. The van der Waals surface area contributed by atoms with E-state index in [0.717, 1.165) is 94.8 Å². The number of hydrogen-bond acceptors (Lipinski definition) is 8. The predicted molar refractivity (Wildman–Crippen MR) is 237 cm³/mol. The lowest BCUT2D eigenvalue weighted by Gasteiger charge is -2.38. The van der Waals surface area contributed by atoms with Gasteiger partial charge >= 0.3 is 12.2 Å². The number of aromatic nitrogens is 2. The molecule has 4 heterocycles. The number of hydrogen-bond donors (Lipinski definition) is 3. The molecule has 3 aromatic carbocycles. The van der Waals surface area contributed by atoms with Crippen LogP contribution in [0.2, 0.25) is 0 Å². The Morgan fingerprint density at radius 2 is 1.35 bits per heavy atom. The number of nitrogens with one attached hydrogen (secondary N) is 3. The number of aliphatic imine (C=N–C) groups is 1. The Balaban J connectivity index is 0.862. The molecule has 2 aliphatic carbocycles. The van der Waals surface area contributed by atoms with E-state index in [1.165, 1.54) is 14.2 Å². The number of methoxy groups -OCH3 is 2. The smallest absolute Gasteiger partial charge is 0.407 e. The number of likely N-dealkylation sites (tertiary alicyclic amines) is 2. The number of rotatable bonds is 11. The Bertz CT molecular complexity index is 2400. The Kier molecular flexibility index (Phi) is 10.9. The lowest BCUT2D eigenvalue weighted by atomic mass is 9.90. The number of H-pyrrole nitrogens is 1. The maximum Gasteiger partial charge on any atom is 0.407 e. The highest BCUT2D eigenvalue weighted by atomic mass is 16.5. The molecule has 62 heavy (non-hydrogen) atoms. The van der Waals surface area contributed by atoms with Crippen LogP contribution in [-0.2, 0) is 25.5 Å². The van der Waals surface area contributed by atoms with Gasteiger partial charge in [0, 0.05) is 24.7 Å². The minimum atomic E-state index is -0.683. The molecule has 3 aliphatic heterocycles. The van der Waals surface area contributed by atoms with Crippen LogP contribution in [-0.4, -0.2) is 94.4 Å². The average Bonchev–Trinajstić information content (AvgIpc) is 3.88. The number of amides is 4. The first-order valence-electron chi connectivity index (χ1n) is 22.1. The molecular weight excluding hydrogens is 783 g/mol. The molecule has 9 rings (SSSR count). The number of ether oxygens (including phenoxy) is 2. The van der Waals surface area contributed by atoms with Crippen LogP contribution in [0.15, 0.2) is 77.9 Å². The first kappa shape index (κ1) is 41.4. The predicted octanol–water partition coefficient (Wildman–Crippen LogP) is 8.23. The summed E-state index contributed by atoms with van der Waals surface area (Å²) in [4.78, 5) is 69.6. The number of fused-ring (bicyclic) bond motifs is 3. The van der Waals surface area contributed by atoms with Gasteiger partial charge in [-0.05, 0) is 107 Å². The van der Waals surface area contributed by atoms with Crippen molar-refractivity contribution in [2.75, 3.05) is 20.8 Å². The van der Waals surface area contributed by atoms with Crippen molar-refractivity contribution in [1.82, 2.24) is 30.4 Å². The molecule has 1 unspecified atom stereocenters. The highest BCUT2D eigenvalue weighted by Crippen LogP contribution is 2.58. The molecule has 324 valence electrons. The van der Waals surface area contributed by atoms with Crippen molar-refractivity contribution in [1.29, 1.82) is 0 Å². The summed E-state index contributed by atoms with van der Waals surface area (Å²) in [7, 11) is 2.63. The van der Waals surface area contributed by atoms with Gasteiger partial charge in [-0.3, -0.25) is 14.6 Å². The maximum atomic E-state index is 14.1. The first-order chi connectivity index (χ1) is 29.8. The molecule has 4 amide bonds. The number of carbonyl (C=O) groups excluding carboxylic acids is 4. The van der Waals surface area contributed by atoms with Crippen LogP contribution in [0, 0.1) is 23.2 Å². The van der Waals surface area contributed by atoms with Gasteiger partial charge in [0.15, 0.2) is 0 Å². The molecule has 0 radical (unpaired) electrons. The molecule has 2 bridgehead atoms. The highest BCUT2D eigenvalue weighted by Gasteiger charge is 2.55. The molecule has 5 aliphatic rings. The summed E-state index contributed by atoms with van der Waals surface area (Å²) in [5.74, 6) is 0.800. The molecule has 1 spiro atoms. The van der Waals surface area contributed by atoms with E-state index >= 15 is 0 Å². The van der Waals surface area contributed by atoms with Gasteiger partial charge in [-0.2, -0.15) is 0 Å². The SMILES string of the molecule is COC(=O)N[C@H](C(=O)N1CC2(CC2)CC1c1ncc(-c2ccc(-c3ccc(-c4ccc5c(c4)CC([C@@H]4[C@H]6CC[C@H](C6)N4C(=O)[C@@H](NC(=O)OC)C(C)C)=N5)cc3)cc2)[nH]1)C(C)C. The van der Waals surface area contributed by atoms with Crippen molar-refractivity contribution in [3.63, 3.8) is 0 Å². The van der Waals surface area contributed by atoms with E-state index in [1.807, 2.05) is 43.7 Å². The van der Waals surface area contributed by atoms with E-state index < -0.39 is 24.3 Å². The quantitative estimate of drug-likeness (QED) is 0.137. The van der Waals surface area contributed by atoms with Gasteiger partial charge in [0.25, 0.3) is 0 Å². The number of aromatic amines is 1. The number of imidazole rings is 1. The number of benzene rings is 3. The summed E-state index contributed by atoms with van der Waals surface area (Å²) in [5, 5.41) is 5.54. The van der Waals surface area contributed by atoms with Crippen molar-refractivity contribution >= 4 is 35.4 Å². The maximum absolute atomic E-state index is 14.1. The highest BCUT2D eigenvalue weighted by molar-refractivity contribution is 6.02. The van der Waals surface area contributed by atoms with Gasteiger partial charge in [-0.25, -0.2) is 14.6 Å². The van der Waals surface area contributed by atoms with Gasteiger partial charge < -0.3 is 34.9 Å². The second kappa shape index (κ2) is 16.4. The third-order valence-corrected chi connectivity index (χ3v) is 14.1. The third kappa shape index (κ3) is 7.75. The number of piperidine rings is 1. The molecule has 13 heteroatoms. The lowest BCUT2D eigenvalue weighted by Crippen LogP contribution is -2.57. The van der Waals surface area contributed by atoms with Crippen LogP contribution in [0.3, 0.4) is 0 Å². The van der Waals surface area contributed by atoms with E-state index in [2.05, 4.69) is 82.3 Å². The Morgan fingerprint density at radius 3 is 1.95 bits per heavy atom. The lowest BCUT2D eigenvalue weighted by molar-refractivity contribution is -0.137. The van der Waals surface area contributed by atoms with Crippen LogP contribution in [0.4, 0.5) is 15.3 Å². The largest absolute Gasteiger partial charge is 0.453 e. The molecule has 2 saturated heterocycles. The van der Waals surface area contributed by atoms with Gasteiger partial charge in [-0.15, -0.1) is 0 Å². The van der Waals surface area contributed by atoms with E-state index in [4.69, 9.17) is 19.5 Å². The summed E-state index contributed by atoms with van der Waals surface area (Å²) >= 11 is 0. The fourth-order valence-electron chi connectivity index (χ4n) is 10.5. The van der Waals surface area contributed by atoms with E-state index in [-0.39, 0.29) is 47.2 Å². The molecule has 2 saturated carbocycles. The Morgan fingerprint density at radius 1 is 0.774 bits per heavy atom. The van der Waals surface area contributed by atoms with Crippen molar-refractivity contribution in [2.45, 2.75) is 103 Å². The summed E-state index contributed by atoms with van der Waals surface area (Å²) in [6, 6.07) is 22.1. The fraction of sp³-hybridized carbons (Fsp3) is 0.469. The van der Waals surface area contributed by atoms with Crippen molar-refractivity contribution in [3.05, 3.63) is 84.3 Å². The van der Waals surface area contributed by atoms with Crippen molar-refractivity contribution < 1.29 is 28.7 Å². The zero-order valence-electron chi connectivity index (χ0n) is 36.4. The molecule has 4 fully saturated rings. The van der Waals surface area contributed by atoms with E-state index in [9.17, 15) is 19.2 Å². The molecule has 6 atom stereocenters. The second-order valence-corrected chi connectivity index (χ2v) is 18.8. The van der Waals surface area contributed by atoms with Crippen molar-refractivity contribution in [2.24, 2.45) is 28.2 Å². The van der Waals surface area contributed by atoms with Gasteiger partial charge in [0.2, 0.25) is 11.8 Å².